The van der Waals surface area contributed by atoms with Crippen LogP contribution in [0.1, 0.15) is 29.5 Å². The third-order valence-electron chi connectivity index (χ3n) is 6.71. The van der Waals surface area contributed by atoms with E-state index in [0.717, 1.165) is 5.56 Å². The van der Waals surface area contributed by atoms with Gasteiger partial charge < -0.3 is 24.4 Å². The quantitative estimate of drug-likeness (QED) is 0.552. The summed E-state index contributed by atoms with van der Waals surface area (Å²) >= 11 is 0. The molecule has 3 aromatic carbocycles. The van der Waals surface area contributed by atoms with Crippen LogP contribution in [0.25, 0.3) is 6.08 Å². The molecule has 0 radical (unpaired) electrons. The van der Waals surface area contributed by atoms with Crippen LogP contribution in [0.2, 0.25) is 0 Å². The molecule has 1 fully saturated rings. The maximum absolute atomic E-state index is 12.2. The third kappa shape index (κ3) is 4.15. The molecule has 33 heavy (non-hydrogen) atoms. The summed E-state index contributed by atoms with van der Waals surface area (Å²) < 4.78 is 16.6. The number of ether oxygens (including phenoxy) is 3. The summed E-state index contributed by atoms with van der Waals surface area (Å²) in [7, 11) is 4.78. The second-order valence-electron chi connectivity index (χ2n) is 8.54. The van der Waals surface area contributed by atoms with Gasteiger partial charge in [-0.2, -0.15) is 0 Å². The maximum atomic E-state index is 12.2. The van der Waals surface area contributed by atoms with Crippen molar-refractivity contribution in [3.63, 3.8) is 0 Å². The molecule has 4 rings (SSSR count). The Morgan fingerprint density at radius 3 is 1.76 bits per heavy atom. The van der Waals surface area contributed by atoms with Gasteiger partial charge in [-0.15, -0.1) is 0 Å². The minimum Gasteiger partial charge on any atom is -0.497 e. The molecule has 0 amide bonds. The van der Waals surface area contributed by atoms with Crippen LogP contribution in [0.15, 0.2) is 84.9 Å². The van der Waals surface area contributed by atoms with Crippen molar-refractivity contribution in [2.45, 2.75) is 29.6 Å². The summed E-state index contributed by atoms with van der Waals surface area (Å²) in [6.07, 6.45) is 4.03. The second kappa shape index (κ2) is 9.02. The van der Waals surface area contributed by atoms with Gasteiger partial charge in [0.1, 0.15) is 22.7 Å². The molecule has 3 atom stereocenters. The monoisotopic (exact) mass is 446 g/mol. The molecule has 5 heteroatoms. The van der Waals surface area contributed by atoms with Crippen molar-refractivity contribution in [1.29, 1.82) is 0 Å². The fourth-order valence-electron chi connectivity index (χ4n) is 4.84. The molecule has 0 bridgehead atoms. The van der Waals surface area contributed by atoms with Gasteiger partial charge in [-0.1, -0.05) is 60.7 Å². The molecule has 0 saturated heterocycles. The van der Waals surface area contributed by atoms with Gasteiger partial charge in [0.25, 0.3) is 0 Å². The van der Waals surface area contributed by atoms with Gasteiger partial charge in [0, 0.05) is 20.0 Å². The normalized spacial score (nSPS) is 27.1. The van der Waals surface area contributed by atoms with E-state index in [-0.39, 0.29) is 12.8 Å². The van der Waals surface area contributed by atoms with Crippen LogP contribution in [-0.4, -0.2) is 37.1 Å². The van der Waals surface area contributed by atoms with Crippen molar-refractivity contribution < 1.29 is 24.4 Å². The van der Waals surface area contributed by atoms with E-state index in [4.69, 9.17) is 14.2 Å². The predicted octanol–water partition coefficient (Wildman–Crippen LogP) is 4.67. The summed E-state index contributed by atoms with van der Waals surface area (Å²) in [5, 5.41) is 24.1. The summed E-state index contributed by atoms with van der Waals surface area (Å²) in [5.41, 5.74) is -1.67. The first-order valence-corrected chi connectivity index (χ1v) is 10.9. The lowest BCUT2D eigenvalue weighted by Crippen LogP contribution is -2.47. The van der Waals surface area contributed by atoms with Crippen molar-refractivity contribution >= 4 is 6.08 Å². The van der Waals surface area contributed by atoms with Crippen molar-refractivity contribution in [2.24, 2.45) is 0 Å². The Kier molecular flexibility index (Phi) is 6.30. The standard InChI is InChI=1S/C28H30O5/c1-31-24-13-9-22(10-14-24)26(29)19-27(33-3,18-17-21-7-5-4-6-8-21)28(30,20-26)23-11-15-25(32-2)16-12-23/h4-18,29-30H,19-20H2,1-3H3/b18-17+/t26-,27+,28+/m0/s1. The van der Waals surface area contributed by atoms with Crippen molar-refractivity contribution in [3.05, 3.63) is 102 Å². The molecule has 172 valence electrons. The van der Waals surface area contributed by atoms with E-state index in [1.54, 1.807) is 33.5 Å². The SMILES string of the molecule is COc1ccc([C@]2(O)C[C@@](/C=C/c3ccccc3)(OC)[C@](O)(c3ccc(OC)cc3)C2)cc1. The van der Waals surface area contributed by atoms with E-state index in [9.17, 15) is 10.2 Å². The van der Waals surface area contributed by atoms with Crippen molar-refractivity contribution in [2.75, 3.05) is 21.3 Å². The zero-order chi connectivity index (χ0) is 23.5. The Morgan fingerprint density at radius 1 is 0.697 bits per heavy atom. The van der Waals surface area contributed by atoms with Crippen molar-refractivity contribution in [1.82, 2.24) is 0 Å². The van der Waals surface area contributed by atoms with Crippen LogP contribution in [0.3, 0.4) is 0 Å². The largest absolute Gasteiger partial charge is 0.497 e. The lowest BCUT2D eigenvalue weighted by Gasteiger charge is -2.39. The summed E-state index contributed by atoms with van der Waals surface area (Å²) in [6.45, 7) is 0. The van der Waals surface area contributed by atoms with E-state index in [2.05, 4.69) is 0 Å². The van der Waals surface area contributed by atoms with Crippen LogP contribution in [0.4, 0.5) is 0 Å². The topological polar surface area (TPSA) is 68.2 Å². The smallest absolute Gasteiger partial charge is 0.125 e. The molecule has 5 nitrogen and oxygen atoms in total. The average molecular weight is 447 g/mol. The molecule has 0 spiro atoms. The maximum Gasteiger partial charge on any atom is 0.125 e. The first kappa shape index (κ1) is 23.1. The van der Waals surface area contributed by atoms with Crippen molar-refractivity contribution in [3.8, 4) is 11.5 Å². The Bertz CT molecular complexity index is 1090. The second-order valence-corrected chi connectivity index (χ2v) is 8.54. The number of hydrogen-bond donors (Lipinski definition) is 2. The highest BCUT2D eigenvalue weighted by Crippen LogP contribution is 2.57. The molecule has 3 aromatic rings. The van der Waals surface area contributed by atoms with E-state index >= 15 is 0 Å². The van der Waals surface area contributed by atoms with Gasteiger partial charge in [0.05, 0.1) is 19.8 Å². The average Bonchev–Trinajstić information content (AvgIpc) is 3.12. The minimum atomic E-state index is -1.49. The third-order valence-corrected chi connectivity index (χ3v) is 6.71. The van der Waals surface area contributed by atoms with E-state index < -0.39 is 16.8 Å². The first-order valence-electron chi connectivity index (χ1n) is 10.9. The molecular weight excluding hydrogens is 416 g/mol. The first-order chi connectivity index (χ1) is 15.9. The van der Waals surface area contributed by atoms with Crippen LogP contribution >= 0.6 is 0 Å². The van der Waals surface area contributed by atoms with E-state index in [1.165, 1.54) is 0 Å². The Morgan fingerprint density at radius 2 is 1.24 bits per heavy atom. The number of benzene rings is 3. The molecule has 1 aliphatic carbocycles. The van der Waals surface area contributed by atoms with Gasteiger partial charge in [-0.25, -0.2) is 0 Å². The molecule has 0 heterocycles. The highest BCUT2D eigenvalue weighted by molar-refractivity contribution is 5.53. The predicted molar refractivity (Wildman–Crippen MR) is 128 cm³/mol. The van der Waals surface area contributed by atoms with Gasteiger partial charge in [-0.05, 0) is 47.0 Å². The Hall–Kier alpha value is -3.12. The highest BCUT2D eigenvalue weighted by atomic mass is 16.5. The Balaban J connectivity index is 1.82. The molecule has 1 saturated carbocycles. The van der Waals surface area contributed by atoms with Crippen LogP contribution in [0.5, 0.6) is 11.5 Å². The lowest BCUT2D eigenvalue weighted by molar-refractivity contribution is -0.127. The zero-order valence-electron chi connectivity index (χ0n) is 19.2. The van der Waals surface area contributed by atoms with Crippen LogP contribution in [0, 0.1) is 0 Å². The van der Waals surface area contributed by atoms with Gasteiger partial charge in [0.2, 0.25) is 0 Å². The fraction of sp³-hybridized carbons (Fsp3) is 0.286. The van der Waals surface area contributed by atoms with Gasteiger partial charge in [0.15, 0.2) is 0 Å². The molecule has 0 aliphatic heterocycles. The summed E-state index contributed by atoms with van der Waals surface area (Å²) in [5.74, 6) is 1.39. The molecule has 0 aromatic heterocycles. The Labute approximate surface area is 194 Å². The van der Waals surface area contributed by atoms with Crippen LogP contribution in [-0.2, 0) is 15.9 Å². The van der Waals surface area contributed by atoms with Crippen LogP contribution < -0.4 is 9.47 Å². The molecular formula is C28H30O5. The number of rotatable bonds is 7. The summed E-state index contributed by atoms with van der Waals surface area (Å²) in [4.78, 5) is 0. The lowest BCUT2D eigenvalue weighted by atomic mass is 9.79. The van der Waals surface area contributed by atoms with E-state index in [0.29, 0.717) is 22.6 Å². The highest BCUT2D eigenvalue weighted by Gasteiger charge is 2.63. The molecule has 1 aliphatic rings. The zero-order valence-corrected chi connectivity index (χ0v) is 19.2. The minimum absolute atomic E-state index is 0.0611. The van der Waals surface area contributed by atoms with Gasteiger partial charge in [-0.3, -0.25) is 0 Å². The number of aliphatic hydroxyl groups is 2. The molecule has 2 N–H and O–H groups in total. The number of hydrogen-bond acceptors (Lipinski definition) is 5. The number of methoxy groups -OCH3 is 3. The summed E-state index contributed by atoms with van der Waals surface area (Å²) in [6, 6.07) is 24.4. The van der Waals surface area contributed by atoms with E-state index in [1.807, 2.05) is 78.9 Å². The molecule has 0 unspecified atom stereocenters. The van der Waals surface area contributed by atoms with Gasteiger partial charge >= 0.3 is 0 Å². The fourth-order valence-corrected chi connectivity index (χ4v) is 4.84.